The highest BCUT2D eigenvalue weighted by atomic mass is 16.5. The van der Waals surface area contributed by atoms with Gasteiger partial charge in [-0.15, -0.1) is 0 Å². The average molecular weight is 598 g/mol. The van der Waals surface area contributed by atoms with Crippen molar-refractivity contribution in [2.75, 3.05) is 6.61 Å². The quantitative estimate of drug-likeness (QED) is 0.0785. The Labute approximate surface area is 255 Å². The summed E-state index contributed by atoms with van der Waals surface area (Å²) in [5.74, 6) is -2.34. The second-order valence-corrected chi connectivity index (χ2v) is 10.1. The summed E-state index contributed by atoms with van der Waals surface area (Å²) in [7, 11) is 0. The monoisotopic (exact) mass is 597 g/mol. The Bertz CT molecular complexity index is 1620. The number of carbonyl (C=O) groups excluding carboxylic acids is 3. The van der Waals surface area contributed by atoms with Gasteiger partial charge in [-0.05, 0) is 79.9 Å². The van der Waals surface area contributed by atoms with Crippen LogP contribution in [-0.2, 0) is 14.3 Å². The van der Waals surface area contributed by atoms with Crippen molar-refractivity contribution < 1.29 is 38.8 Å². The highest BCUT2D eigenvalue weighted by Crippen LogP contribution is 2.42. The standard InChI is InChI=1S/C35H35NO8/c1-4-6-22-42-35(41)29(5-2)31-23(3)32(38)36(33(31)39)26-15-19-28(20-16-26)44-34(40)25-13-17-27(18-14-25)43-30(37)21-12-24-10-8-7-9-11-24/h7-21,29,38-39H,4-6,22H2,1-3H3. The molecule has 4 aromatic rings. The molecule has 9 heteroatoms. The van der Waals surface area contributed by atoms with Gasteiger partial charge in [0.1, 0.15) is 11.5 Å². The Morgan fingerprint density at radius 2 is 1.48 bits per heavy atom. The van der Waals surface area contributed by atoms with Gasteiger partial charge in [0.15, 0.2) is 0 Å². The Balaban J connectivity index is 1.41. The number of ether oxygens (including phenoxy) is 3. The van der Waals surface area contributed by atoms with Crippen LogP contribution in [0.2, 0.25) is 0 Å². The van der Waals surface area contributed by atoms with Crippen LogP contribution in [0.25, 0.3) is 11.8 Å². The summed E-state index contributed by atoms with van der Waals surface area (Å²) in [6.07, 6.45) is 4.97. The van der Waals surface area contributed by atoms with E-state index in [4.69, 9.17) is 14.2 Å². The lowest BCUT2D eigenvalue weighted by molar-refractivity contribution is -0.145. The van der Waals surface area contributed by atoms with E-state index >= 15 is 0 Å². The van der Waals surface area contributed by atoms with Crippen molar-refractivity contribution in [3.8, 4) is 28.9 Å². The number of esters is 3. The molecule has 0 saturated heterocycles. The first kappa shape index (κ1) is 31.6. The van der Waals surface area contributed by atoms with Crippen molar-refractivity contribution in [3.05, 3.63) is 107 Å². The van der Waals surface area contributed by atoms with E-state index in [0.717, 1.165) is 18.4 Å². The first-order chi connectivity index (χ1) is 21.2. The fourth-order valence-corrected chi connectivity index (χ4v) is 4.61. The van der Waals surface area contributed by atoms with Crippen molar-refractivity contribution in [2.45, 2.75) is 46.0 Å². The van der Waals surface area contributed by atoms with E-state index in [0.29, 0.717) is 29.8 Å². The van der Waals surface area contributed by atoms with E-state index in [1.54, 1.807) is 25.1 Å². The maximum Gasteiger partial charge on any atom is 0.343 e. The van der Waals surface area contributed by atoms with Gasteiger partial charge in [-0.3, -0.25) is 9.36 Å². The van der Waals surface area contributed by atoms with Crippen LogP contribution in [0.15, 0.2) is 84.9 Å². The van der Waals surface area contributed by atoms with Gasteiger partial charge in [0, 0.05) is 17.2 Å². The molecule has 3 aromatic carbocycles. The van der Waals surface area contributed by atoms with E-state index in [-0.39, 0.29) is 28.8 Å². The third kappa shape index (κ3) is 7.55. The van der Waals surface area contributed by atoms with Crippen LogP contribution < -0.4 is 9.47 Å². The second-order valence-electron chi connectivity index (χ2n) is 10.1. The van der Waals surface area contributed by atoms with Gasteiger partial charge < -0.3 is 24.4 Å². The third-order valence-electron chi connectivity index (χ3n) is 7.01. The van der Waals surface area contributed by atoms with Crippen molar-refractivity contribution in [2.24, 2.45) is 0 Å². The van der Waals surface area contributed by atoms with Crippen LogP contribution in [0.3, 0.4) is 0 Å². The Morgan fingerprint density at radius 1 is 0.841 bits per heavy atom. The summed E-state index contributed by atoms with van der Waals surface area (Å²) in [6.45, 7) is 5.73. The Hall–Kier alpha value is -5.31. The first-order valence-electron chi connectivity index (χ1n) is 14.4. The second kappa shape index (κ2) is 14.7. The summed E-state index contributed by atoms with van der Waals surface area (Å²) < 4.78 is 17.4. The fourth-order valence-electron chi connectivity index (χ4n) is 4.61. The lowest BCUT2D eigenvalue weighted by Crippen LogP contribution is -2.16. The van der Waals surface area contributed by atoms with Gasteiger partial charge in [0.2, 0.25) is 11.8 Å². The number of aromatic nitrogens is 1. The molecule has 1 unspecified atom stereocenters. The number of benzene rings is 3. The predicted octanol–water partition coefficient (Wildman–Crippen LogP) is 6.87. The van der Waals surface area contributed by atoms with Gasteiger partial charge >= 0.3 is 17.9 Å². The molecule has 0 spiro atoms. The van der Waals surface area contributed by atoms with Crippen LogP contribution >= 0.6 is 0 Å². The van der Waals surface area contributed by atoms with Crippen molar-refractivity contribution in [3.63, 3.8) is 0 Å². The zero-order valence-electron chi connectivity index (χ0n) is 24.9. The van der Waals surface area contributed by atoms with E-state index in [2.05, 4.69) is 0 Å². The highest BCUT2D eigenvalue weighted by Gasteiger charge is 2.31. The number of hydrogen-bond donors (Lipinski definition) is 2. The number of carbonyl (C=O) groups is 3. The summed E-state index contributed by atoms with van der Waals surface area (Å²) in [5, 5.41) is 21.9. The summed E-state index contributed by atoms with van der Waals surface area (Å²) in [5.41, 5.74) is 2.19. The van der Waals surface area contributed by atoms with Gasteiger partial charge in [0.05, 0.1) is 23.8 Å². The molecule has 0 fully saturated rings. The highest BCUT2D eigenvalue weighted by molar-refractivity contribution is 5.92. The fraction of sp³-hybridized carbons (Fsp3) is 0.229. The van der Waals surface area contributed by atoms with Gasteiger partial charge in [-0.2, -0.15) is 0 Å². The molecule has 0 aliphatic heterocycles. The Kier molecular flexibility index (Phi) is 10.6. The number of rotatable bonds is 12. The Morgan fingerprint density at radius 3 is 2.11 bits per heavy atom. The molecule has 0 aliphatic rings. The summed E-state index contributed by atoms with van der Waals surface area (Å²) in [4.78, 5) is 37.5. The maximum atomic E-state index is 12.7. The van der Waals surface area contributed by atoms with Gasteiger partial charge in [-0.25, -0.2) is 9.59 Å². The smallest absolute Gasteiger partial charge is 0.343 e. The molecular weight excluding hydrogens is 562 g/mol. The number of nitrogens with zero attached hydrogens (tertiary/aromatic N) is 1. The minimum absolute atomic E-state index is 0.210. The molecule has 0 radical (unpaired) electrons. The minimum atomic E-state index is -0.736. The predicted molar refractivity (Wildman–Crippen MR) is 165 cm³/mol. The minimum Gasteiger partial charge on any atom is -0.494 e. The van der Waals surface area contributed by atoms with Crippen LogP contribution in [0.1, 0.15) is 66.1 Å². The largest absolute Gasteiger partial charge is 0.494 e. The molecule has 0 bridgehead atoms. The maximum absolute atomic E-state index is 12.7. The lowest BCUT2D eigenvalue weighted by Gasteiger charge is -2.15. The molecule has 4 rings (SSSR count). The SMILES string of the molecule is CCCCOC(=O)C(CC)c1c(C)c(O)n(-c2ccc(OC(=O)c3ccc(OC(=O)C=Cc4ccccc4)cc3)cc2)c1O. The molecule has 1 aromatic heterocycles. The molecule has 44 heavy (non-hydrogen) atoms. The number of hydrogen-bond acceptors (Lipinski definition) is 8. The molecule has 9 nitrogen and oxygen atoms in total. The van der Waals surface area contributed by atoms with E-state index in [9.17, 15) is 24.6 Å². The first-order valence-corrected chi connectivity index (χ1v) is 14.4. The molecule has 1 heterocycles. The van der Waals surface area contributed by atoms with Crippen molar-refractivity contribution >= 4 is 24.0 Å². The van der Waals surface area contributed by atoms with Crippen molar-refractivity contribution in [1.82, 2.24) is 4.57 Å². The van der Waals surface area contributed by atoms with E-state index in [1.165, 1.54) is 47.0 Å². The lowest BCUT2D eigenvalue weighted by atomic mass is 9.95. The molecule has 0 aliphatic carbocycles. The van der Waals surface area contributed by atoms with Crippen LogP contribution in [0, 0.1) is 6.92 Å². The van der Waals surface area contributed by atoms with E-state index in [1.807, 2.05) is 44.2 Å². The molecular formula is C35H35NO8. The zero-order valence-corrected chi connectivity index (χ0v) is 24.9. The average Bonchev–Trinajstić information content (AvgIpc) is 3.25. The van der Waals surface area contributed by atoms with Gasteiger partial charge in [-0.1, -0.05) is 50.6 Å². The van der Waals surface area contributed by atoms with Crippen LogP contribution in [0.5, 0.6) is 23.3 Å². The topological polar surface area (TPSA) is 124 Å². The van der Waals surface area contributed by atoms with Crippen LogP contribution in [0.4, 0.5) is 0 Å². The summed E-state index contributed by atoms with van der Waals surface area (Å²) in [6, 6.07) is 21.5. The molecule has 1 atom stereocenters. The summed E-state index contributed by atoms with van der Waals surface area (Å²) >= 11 is 0. The molecule has 0 saturated carbocycles. The third-order valence-corrected chi connectivity index (χ3v) is 7.01. The van der Waals surface area contributed by atoms with Gasteiger partial charge in [0.25, 0.3) is 0 Å². The number of aromatic hydroxyl groups is 2. The zero-order chi connectivity index (χ0) is 31.6. The molecule has 0 amide bonds. The van der Waals surface area contributed by atoms with Crippen molar-refractivity contribution in [1.29, 1.82) is 0 Å². The normalized spacial score (nSPS) is 11.7. The molecule has 2 N–H and O–H groups in total. The van der Waals surface area contributed by atoms with E-state index < -0.39 is 23.8 Å². The molecule has 228 valence electrons. The van der Waals surface area contributed by atoms with Crippen LogP contribution in [-0.4, -0.2) is 39.3 Å². The number of unbranched alkanes of at least 4 members (excludes halogenated alkanes) is 1.